The second-order valence-electron chi connectivity index (χ2n) is 6.87. The van der Waals surface area contributed by atoms with Crippen LogP contribution in [0.4, 0.5) is 5.88 Å². The zero-order valence-electron chi connectivity index (χ0n) is 17.2. The van der Waals surface area contributed by atoms with Crippen LogP contribution in [0.5, 0.6) is 5.75 Å². The number of thiazole rings is 1. The Hall–Kier alpha value is -3.65. The molecule has 0 unspecified atom stereocenters. The fraction of sp³-hybridized carbons (Fsp3) is 0.174. The van der Waals surface area contributed by atoms with Crippen LogP contribution in [0, 0.1) is 13.8 Å². The van der Waals surface area contributed by atoms with Gasteiger partial charge in [-0.15, -0.1) is 11.3 Å². The van der Waals surface area contributed by atoms with Crippen LogP contribution in [0.3, 0.4) is 0 Å². The van der Waals surface area contributed by atoms with Crippen molar-refractivity contribution in [2.24, 2.45) is 0 Å². The molecule has 0 atom stereocenters. The standard InChI is InChI=1S/C23H20N2O5S/c1-13-8-10-15(11-9-13)29-12-18(26)25-21-20(19(14(2)30-21)23(27)28-3)22-24-16-6-4-5-7-17(16)31-22/h4-11H,12H2,1-3H3,(H,25,26). The predicted molar refractivity (Wildman–Crippen MR) is 119 cm³/mol. The lowest BCUT2D eigenvalue weighted by atomic mass is 10.1. The first-order valence-electron chi connectivity index (χ1n) is 9.53. The van der Waals surface area contributed by atoms with E-state index in [0.717, 1.165) is 15.8 Å². The molecule has 0 bridgehead atoms. The van der Waals surface area contributed by atoms with Gasteiger partial charge < -0.3 is 13.9 Å². The molecule has 0 aliphatic rings. The van der Waals surface area contributed by atoms with E-state index in [0.29, 0.717) is 22.1 Å². The molecule has 0 saturated carbocycles. The van der Waals surface area contributed by atoms with E-state index in [1.807, 2.05) is 43.3 Å². The molecule has 0 fully saturated rings. The maximum atomic E-state index is 12.5. The van der Waals surface area contributed by atoms with Crippen molar-refractivity contribution in [1.82, 2.24) is 4.98 Å². The second-order valence-corrected chi connectivity index (χ2v) is 7.90. The number of amides is 1. The minimum atomic E-state index is -0.563. The summed E-state index contributed by atoms with van der Waals surface area (Å²) in [5.41, 5.74) is 2.52. The molecule has 31 heavy (non-hydrogen) atoms. The van der Waals surface area contributed by atoms with Crippen LogP contribution in [-0.4, -0.2) is 30.6 Å². The van der Waals surface area contributed by atoms with E-state index in [9.17, 15) is 9.59 Å². The molecule has 0 saturated heterocycles. The van der Waals surface area contributed by atoms with Crippen molar-refractivity contribution in [3.63, 3.8) is 0 Å². The van der Waals surface area contributed by atoms with E-state index in [4.69, 9.17) is 13.9 Å². The summed E-state index contributed by atoms with van der Waals surface area (Å²) in [4.78, 5) is 29.6. The smallest absolute Gasteiger partial charge is 0.342 e. The molecule has 0 aliphatic heterocycles. The average Bonchev–Trinajstić information content (AvgIpc) is 3.33. The summed E-state index contributed by atoms with van der Waals surface area (Å²) in [6.45, 7) is 3.40. The monoisotopic (exact) mass is 436 g/mol. The number of esters is 1. The number of methoxy groups -OCH3 is 1. The van der Waals surface area contributed by atoms with Crippen LogP contribution in [0.1, 0.15) is 21.7 Å². The van der Waals surface area contributed by atoms with Gasteiger partial charge in [0, 0.05) is 0 Å². The number of fused-ring (bicyclic) bond motifs is 1. The summed E-state index contributed by atoms with van der Waals surface area (Å²) in [6.07, 6.45) is 0. The van der Waals surface area contributed by atoms with E-state index in [1.165, 1.54) is 18.4 Å². The molecule has 4 aromatic rings. The molecule has 1 amide bonds. The largest absolute Gasteiger partial charge is 0.484 e. The number of carbonyl (C=O) groups excluding carboxylic acids is 2. The quantitative estimate of drug-likeness (QED) is 0.429. The zero-order chi connectivity index (χ0) is 22.0. The summed E-state index contributed by atoms with van der Waals surface area (Å²) in [6, 6.07) is 15.0. The van der Waals surface area contributed by atoms with Gasteiger partial charge in [-0.05, 0) is 38.1 Å². The van der Waals surface area contributed by atoms with Crippen molar-refractivity contribution in [1.29, 1.82) is 0 Å². The molecule has 158 valence electrons. The molecular formula is C23H20N2O5S. The Morgan fingerprint density at radius 1 is 1.10 bits per heavy atom. The third-order valence-electron chi connectivity index (χ3n) is 4.63. The maximum absolute atomic E-state index is 12.5. The normalized spacial score (nSPS) is 10.8. The Balaban J connectivity index is 1.64. The van der Waals surface area contributed by atoms with E-state index >= 15 is 0 Å². The highest BCUT2D eigenvalue weighted by molar-refractivity contribution is 7.21. The summed E-state index contributed by atoms with van der Waals surface area (Å²) in [5.74, 6) is 0.0587. The topological polar surface area (TPSA) is 90.7 Å². The number of hydrogen-bond acceptors (Lipinski definition) is 7. The van der Waals surface area contributed by atoms with Gasteiger partial charge in [0.25, 0.3) is 5.91 Å². The van der Waals surface area contributed by atoms with Crippen LogP contribution < -0.4 is 10.1 Å². The Kier molecular flexibility index (Phi) is 5.73. The van der Waals surface area contributed by atoms with Crippen LogP contribution in [0.25, 0.3) is 20.8 Å². The van der Waals surface area contributed by atoms with Crippen molar-refractivity contribution in [3.8, 4) is 16.3 Å². The number of furan rings is 1. The SMILES string of the molecule is COC(=O)c1c(C)oc(NC(=O)COc2ccc(C)cc2)c1-c1nc2ccccc2s1. The first-order chi connectivity index (χ1) is 15.0. The van der Waals surface area contributed by atoms with Gasteiger partial charge >= 0.3 is 5.97 Å². The average molecular weight is 436 g/mol. The van der Waals surface area contributed by atoms with Crippen LogP contribution in [0.2, 0.25) is 0 Å². The fourth-order valence-electron chi connectivity index (χ4n) is 3.11. The Bertz CT molecular complexity index is 1220. The fourth-order valence-corrected chi connectivity index (χ4v) is 4.12. The summed E-state index contributed by atoms with van der Waals surface area (Å²) < 4.78 is 17.2. The lowest BCUT2D eigenvalue weighted by molar-refractivity contribution is -0.118. The van der Waals surface area contributed by atoms with Gasteiger partial charge in [0.05, 0.1) is 22.9 Å². The zero-order valence-corrected chi connectivity index (χ0v) is 18.0. The lowest BCUT2D eigenvalue weighted by Gasteiger charge is -2.07. The van der Waals surface area contributed by atoms with Crippen LogP contribution in [0.15, 0.2) is 52.9 Å². The number of para-hydroxylation sites is 1. The Labute approximate surface area is 182 Å². The number of benzene rings is 2. The molecule has 0 spiro atoms. The third kappa shape index (κ3) is 4.29. The molecule has 8 heteroatoms. The highest BCUT2D eigenvalue weighted by Gasteiger charge is 2.28. The molecule has 2 aromatic heterocycles. The highest BCUT2D eigenvalue weighted by Crippen LogP contribution is 2.40. The minimum absolute atomic E-state index is 0.134. The Morgan fingerprint density at radius 3 is 2.55 bits per heavy atom. The van der Waals surface area contributed by atoms with Gasteiger partial charge in [-0.1, -0.05) is 29.8 Å². The number of rotatable bonds is 6. The predicted octanol–water partition coefficient (Wildman–Crippen LogP) is 4.98. The maximum Gasteiger partial charge on any atom is 0.342 e. The third-order valence-corrected chi connectivity index (χ3v) is 5.68. The number of nitrogens with one attached hydrogen (secondary N) is 1. The van der Waals surface area contributed by atoms with E-state index in [-0.39, 0.29) is 18.1 Å². The van der Waals surface area contributed by atoms with Gasteiger partial charge in [0.1, 0.15) is 22.1 Å². The van der Waals surface area contributed by atoms with E-state index in [2.05, 4.69) is 10.3 Å². The Morgan fingerprint density at radius 2 is 1.84 bits per heavy atom. The molecular weight excluding hydrogens is 416 g/mol. The summed E-state index contributed by atoms with van der Waals surface area (Å²) in [7, 11) is 1.30. The van der Waals surface area contributed by atoms with Crippen molar-refractivity contribution < 1.29 is 23.5 Å². The number of ether oxygens (including phenoxy) is 2. The van der Waals surface area contributed by atoms with Gasteiger partial charge in [0.15, 0.2) is 6.61 Å². The number of anilines is 1. The van der Waals surface area contributed by atoms with Crippen molar-refractivity contribution in [2.75, 3.05) is 19.0 Å². The van der Waals surface area contributed by atoms with Crippen molar-refractivity contribution in [3.05, 3.63) is 65.4 Å². The van der Waals surface area contributed by atoms with Gasteiger partial charge in [-0.2, -0.15) is 0 Å². The number of carbonyl (C=O) groups is 2. The molecule has 1 N–H and O–H groups in total. The summed E-state index contributed by atoms with van der Waals surface area (Å²) >= 11 is 1.40. The van der Waals surface area contributed by atoms with Gasteiger partial charge in [-0.25, -0.2) is 9.78 Å². The molecule has 0 radical (unpaired) electrons. The van der Waals surface area contributed by atoms with Crippen LogP contribution in [-0.2, 0) is 9.53 Å². The van der Waals surface area contributed by atoms with Gasteiger partial charge in [0.2, 0.25) is 5.88 Å². The van der Waals surface area contributed by atoms with E-state index < -0.39 is 11.9 Å². The first kappa shape index (κ1) is 20.6. The first-order valence-corrected chi connectivity index (χ1v) is 10.3. The van der Waals surface area contributed by atoms with E-state index in [1.54, 1.807) is 19.1 Å². The lowest BCUT2D eigenvalue weighted by Crippen LogP contribution is -2.20. The molecule has 4 rings (SSSR count). The van der Waals surface area contributed by atoms with Crippen LogP contribution >= 0.6 is 11.3 Å². The second kappa shape index (κ2) is 8.61. The van der Waals surface area contributed by atoms with Crippen molar-refractivity contribution >= 4 is 39.3 Å². The number of hydrogen-bond donors (Lipinski definition) is 1. The number of nitrogens with zero attached hydrogens (tertiary/aromatic N) is 1. The van der Waals surface area contributed by atoms with Gasteiger partial charge in [-0.3, -0.25) is 10.1 Å². The molecule has 2 heterocycles. The summed E-state index contributed by atoms with van der Waals surface area (Å²) in [5, 5.41) is 3.25. The van der Waals surface area contributed by atoms with Crippen molar-refractivity contribution in [2.45, 2.75) is 13.8 Å². The molecule has 7 nitrogen and oxygen atoms in total. The molecule has 2 aromatic carbocycles. The minimum Gasteiger partial charge on any atom is -0.484 e. The number of aromatic nitrogens is 1. The number of aryl methyl sites for hydroxylation is 2. The highest BCUT2D eigenvalue weighted by atomic mass is 32.1. The molecule has 0 aliphatic carbocycles.